The fraction of sp³-hybridized carbons (Fsp3) is 0.364. The Bertz CT molecular complexity index is 1070. The van der Waals surface area contributed by atoms with Crippen LogP contribution >= 0.6 is 0 Å². The second-order valence-electron chi connectivity index (χ2n) is 7.69. The minimum absolute atomic E-state index is 0.000418. The molecule has 2 aromatic carbocycles. The summed E-state index contributed by atoms with van der Waals surface area (Å²) in [5.41, 5.74) is 2.50. The van der Waals surface area contributed by atoms with Gasteiger partial charge in [0.1, 0.15) is 6.04 Å². The first-order valence-electron chi connectivity index (χ1n) is 10.2. The molecule has 158 valence electrons. The van der Waals surface area contributed by atoms with Gasteiger partial charge in [0.2, 0.25) is 21.8 Å². The Morgan fingerprint density at radius 2 is 1.80 bits per heavy atom. The first-order valence-corrected chi connectivity index (χ1v) is 11.6. The number of nitrogens with one attached hydrogen (secondary N) is 1. The van der Waals surface area contributed by atoms with Crippen molar-refractivity contribution in [3.8, 4) is 0 Å². The number of hydrogen-bond acceptors (Lipinski definition) is 4. The number of benzene rings is 2. The number of hydrogen-bond donors (Lipinski definition) is 1. The van der Waals surface area contributed by atoms with Crippen molar-refractivity contribution in [2.75, 3.05) is 23.3 Å². The van der Waals surface area contributed by atoms with Crippen molar-refractivity contribution in [1.29, 1.82) is 0 Å². The van der Waals surface area contributed by atoms with Crippen LogP contribution in [-0.2, 0) is 26.0 Å². The van der Waals surface area contributed by atoms with Gasteiger partial charge in [0.05, 0.1) is 4.90 Å². The van der Waals surface area contributed by atoms with E-state index in [2.05, 4.69) is 5.32 Å². The van der Waals surface area contributed by atoms with Crippen molar-refractivity contribution in [3.63, 3.8) is 0 Å². The summed E-state index contributed by atoms with van der Waals surface area (Å²) in [6.45, 7) is 2.57. The van der Waals surface area contributed by atoms with E-state index in [0.29, 0.717) is 31.6 Å². The number of carbonyl (C=O) groups excluding carboxylic acids is 2. The molecular formula is C22H25N3O4S. The molecule has 0 radical (unpaired) electrons. The molecule has 2 aromatic rings. The van der Waals surface area contributed by atoms with Crippen molar-refractivity contribution >= 4 is 33.2 Å². The van der Waals surface area contributed by atoms with Crippen LogP contribution in [0.1, 0.15) is 31.7 Å². The minimum atomic E-state index is -3.73. The Kier molecular flexibility index (Phi) is 5.62. The summed E-state index contributed by atoms with van der Waals surface area (Å²) in [6.07, 6.45) is 2.83. The van der Waals surface area contributed by atoms with Crippen LogP contribution in [0.3, 0.4) is 0 Å². The summed E-state index contributed by atoms with van der Waals surface area (Å²) in [5, 5.41) is 2.88. The van der Waals surface area contributed by atoms with E-state index in [-0.39, 0.29) is 16.7 Å². The number of sulfonamides is 1. The lowest BCUT2D eigenvalue weighted by molar-refractivity contribution is -0.119. The third-order valence-electron chi connectivity index (χ3n) is 5.70. The van der Waals surface area contributed by atoms with Gasteiger partial charge in [0.15, 0.2) is 0 Å². The van der Waals surface area contributed by atoms with Gasteiger partial charge in [-0.05, 0) is 61.6 Å². The van der Waals surface area contributed by atoms with Crippen molar-refractivity contribution in [2.45, 2.75) is 43.5 Å². The highest BCUT2D eigenvalue weighted by Gasteiger charge is 2.39. The van der Waals surface area contributed by atoms with E-state index in [9.17, 15) is 18.0 Å². The highest BCUT2D eigenvalue weighted by atomic mass is 32.2. The Labute approximate surface area is 176 Å². The number of carbonyl (C=O) groups is 2. The largest absolute Gasteiger partial charge is 0.325 e. The number of nitrogens with zero attached hydrogens (tertiary/aromatic N) is 2. The van der Waals surface area contributed by atoms with Crippen molar-refractivity contribution in [3.05, 3.63) is 54.1 Å². The molecule has 7 nitrogen and oxygen atoms in total. The van der Waals surface area contributed by atoms with Gasteiger partial charge < -0.3 is 10.2 Å². The van der Waals surface area contributed by atoms with Crippen molar-refractivity contribution in [1.82, 2.24) is 4.31 Å². The average molecular weight is 428 g/mol. The smallest absolute Gasteiger partial charge is 0.243 e. The number of anilines is 2. The molecule has 30 heavy (non-hydrogen) atoms. The van der Waals surface area contributed by atoms with Gasteiger partial charge in [-0.3, -0.25) is 9.59 Å². The molecule has 1 atom stereocenters. The Balaban J connectivity index is 1.53. The SMILES string of the molecule is CC(=O)N1CCCc2cc(NC(=O)C3CCCN3S(=O)(=O)c3ccccc3)ccc21. The van der Waals surface area contributed by atoms with Gasteiger partial charge in [0.25, 0.3) is 0 Å². The quantitative estimate of drug-likeness (QED) is 0.813. The zero-order valence-electron chi connectivity index (χ0n) is 16.9. The predicted molar refractivity (Wildman–Crippen MR) is 115 cm³/mol. The molecule has 1 fully saturated rings. The summed E-state index contributed by atoms with van der Waals surface area (Å²) in [7, 11) is -3.73. The minimum Gasteiger partial charge on any atom is -0.325 e. The van der Waals surface area contributed by atoms with Gasteiger partial charge in [-0.15, -0.1) is 0 Å². The molecule has 2 amide bonds. The fourth-order valence-electron chi connectivity index (χ4n) is 4.25. The fourth-order valence-corrected chi connectivity index (χ4v) is 5.92. The van der Waals surface area contributed by atoms with E-state index in [0.717, 1.165) is 24.1 Å². The summed E-state index contributed by atoms with van der Waals surface area (Å²) >= 11 is 0. The van der Waals surface area contributed by atoms with Gasteiger partial charge >= 0.3 is 0 Å². The number of fused-ring (bicyclic) bond motifs is 1. The average Bonchev–Trinajstić information content (AvgIpc) is 3.25. The molecular weight excluding hydrogens is 402 g/mol. The maximum atomic E-state index is 13.0. The normalized spacial score (nSPS) is 19.4. The standard InChI is InChI=1S/C22H25N3O4S/c1-16(26)24-13-5-7-17-15-18(11-12-20(17)24)23-22(27)21-10-6-14-25(21)30(28,29)19-8-3-2-4-9-19/h2-4,8-9,11-12,15,21H,5-7,10,13-14H2,1H3,(H,23,27). The molecule has 2 aliphatic heterocycles. The lowest BCUT2D eigenvalue weighted by Gasteiger charge is -2.29. The van der Waals surface area contributed by atoms with E-state index < -0.39 is 16.1 Å². The third-order valence-corrected chi connectivity index (χ3v) is 7.62. The maximum Gasteiger partial charge on any atom is 0.243 e. The van der Waals surface area contributed by atoms with E-state index in [1.165, 1.54) is 4.31 Å². The molecule has 0 saturated carbocycles. The highest BCUT2D eigenvalue weighted by Crippen LogP contribution is 2.31. The number of amides is 2. The lowest BCUT2D eigenvalue weighted by atomic mass is 10.0. The molecule has 1 unspecified atom stereocenters. The molecule has 4 rings (SSSR count). The topological polar surface area (TPSA) is 86.8 Å². The number of aryl methyl sites for hydroxylation is 1. The van der Waals surface area contributed by atoms with Crippen molar-refractivity contribution < 1.29 is 18.0 Å². The molecule has 2 aliphatic rings. The Morgan fingerprint density at radius 1 is 1.03 bits per heavy atom. The molecule has 8 heteroatoms. The summed E-state index contributed by atoms with van der Waals surface area (Å²) < 4.78 is 27.3. The van der Waals surface area contributed by atoms with Crippen LogP contribution in [0.4, 0.5) is 11.4 Å². The molecule has 2 heterocycles. The molecule has 0 aliphatic carbocycles. The van der Waals surface area contributed by atoms with Crippen LogP contribution < -0.4 is 10.2 Å². The van der Waals surface area contributed by atoms with Crippen LogP contribution in [0.15, 0.2) is 53.4 Å². The van der Waals surface area contributed by atoms with Gasteiger partial charge in [0, 0.05) is 31.4 Å². The van der Waals surface area contributed by atoms with E-state index in [1.54, 1.807) is 48.2 Å². The van der Waals surface area contributed by atoms with Crippen LogP contribution in [0.25, 0.3) is 0 Å². The second kappa shape index (κ2) is 8.20. The molecule has 0 bridgehead atoms. The van der Waals surface area contributed by atoms with Gasteiger partial charge in [-0.25, -0.2) is 8.42 Å². The zero-order chi connectivity index (χ0) is 21.3. The predicted octanol–water partition coefficient (Wildman–Crippen LogP) is 2.78. The van der Waals surface area contributed by atoms with Crippen LogP contribution in [0, 0.1) is 0 Å². The Morgan fingerprint density at radius 3 is 2.53 bits per heavy atom. The first-order chi connectivity index (χ1) is 14.4. The molecule has 0 spiro atoms. The summed E-state index contributed by atoms with van der Waals surface area (Å²) in [5.74, 6) is -0.327. The Hall–Kier alpha value is -2.71. The molecule has 0 aromatic heterocycles. The monoisotopic (exact) mass is 427 g/mol. The van der Waals surface area contributed by atoms with Crippen LogP contribution in [0.2, 0.25) is 0 Å². The maximum absolute atomic E-state index is 13.0. The highest BCUT2D eigenvalue weighted by molar-refractivity contribution is 7.89. The second-order valence-corrected chi connectivity index (χ2v) is 9.58. The van der Waals surface area contributed by atoms with Crippen LogP contribution in [0.5, 0.6) is 0 Å². The zero-order valence-corrected chi connectivity index (χ0v) is 17.7. The summed E-state index contributed by atoms with van der Waals surface area (Å²) in [4.78, 5) is 26.7. The van der Waals surface area contributed by atoms with Crippen LogP contribution in [-0.4, -0.2) is 43.7 Å². The van der Waals surface area contributed by atoms with Gasteiger partial charge in [-0.1, -0.05) is 18.2 Å². The van der Waals surface area contributed by atoms with Gasteiger partial charge in [-0.2, -0.15) is 4.31 Å². The van der Waals surface area contributed by atoms with E-state index >= 15 is 0 Å². The molecule has 1 saturated heterocycles. The van der Waals surface area contributed by atoms with E-state index in [1.807, 2.05) is 12.1 Å². The van der Waals surface area contributed by atoms with E-state index in [4.69, 9.17) is 0 Å². The van der Waals surface area contributed by atoms with Crippen molar-refractivity contribution in [2.24, 2.45) is 0 Å². The summed E-state index contributed by atoms with van der Waals surface area (Å²) in [6, 6.07) is 13.0. The molecule has 1 N–H and O–H groups in total. The third kappa shape index (κ3) is 3.85. The number of rotatable bonds is 4. The first kappa shape index (κ1) is 20.6. The lowest BCUT2D eigenvalue weighted by Crippen LogP contribution is -2.43.